The molecule has 2 aliphatic rings. The highest BCUT2D eigenvalue weighted by Gasteiger charge is 2.36. The van der Waals surface area contributed by atoms with E-state index in [0.29, 0.717) is 45.7 Å². The molecular weight excluding hydrogens is 301 g/mol. The van der Waals surface area contributed by atoms with E-state index in [1.54, 1.807) is 0 Å². The number of nitrogens with one attached hydrogen (secondary N) is 1. The van der Waals surface area contributed by atoms with Gasteiger partial charge in [-0.3, -0.25) is 9.69 Å². The predicted octanol–water partition coefficient (Wildman–Crippen LogP) is 1.44. The summed E-state index contributed by atoms with van der Waals surface area (Å²) in [4.78, 5) is 14.1. The van der Waals surface area contributed by atoms with Gasteiger partial charge >= 0.3 is 0 Å². The third-order valence-corrected chi connectivity index (χ3v) is 4.69. The molecular formula is C16H24FN3O3. The van der Waals surface area contributed by atoms with Gasteiger partial charge in [0.15, 0.2) is 5.76 Å². The molecule has 1 unspecified atom stereocenters. The van der Waals surface area contributed by atoms with Crippen molar-refractivity contribution in [2.45, 2.75) is 38.4 Å². The lowest BCUT2D eigenvalue weighted by Crippen LogP contribution is -2.48. The molecule has 128 valence electrons. The van der Waals surface area contributed by atoms with E-state index in [1.807, 2.05) is 13.0 Å². The lowest BCUT2D eigenvalue weighted by atomic mass is 9.93. The van der Waals surface area contributed by atoms with Gasteiger partial charge in [0.25, 0.3) is 0 Å². The highest BCUT2D eigenvalue weighted by Crippen LogP contribution is 2.27. The number of amides is 1. The number of carbonyl (C=O) groups is 1. The first kappa shape index (κ1) is 16.4. The smallest absolute Gasteiger partial charge is 0.225 e. The maximum atomic E-state index is 14.8. The van der Waals surface area contributed by atoms with Gasteiger partial charge in [-0.2, -0.15) is 0 Å². The molecule has 7 heteroatoms. The number of halogens is 1. The topological polar surface area (TPSA) is 67.6 Å². The van der Waals surface area contributed by atoms with Gasteiger partial charge in [0.1, 0.15) is 5.67 Å². The number of nitrogens with zero attached hydrogens (tertiary/aromatic N) is 2. The molecule has 0 bridgehead atoms. The lowest BCUT2D eigenvalue weighted by molar-refractivity contribution is -0.125. The maximum Gasteiger partial charge on any atom is 0.225 e. The van der Waals surface area contributed by atoms with Crippen LogP contribution in [-0.2, 0) is 16.1 Å². The Labute approximate surface area is 135 Å². The number of alkyl halides is 1. The quantitative estimate of drug-likeness (QED) is 0.887. The summed E-state index contributed by atoms with van der Waals surface area (Å²) in [7, 11) is 0. The average molecular weight is 325 g/mol. The molecule has 1 amide bonds. The lowest BCUT2D eigenvalue weighted by Gasteiger charge is -2.36. The summed E-state index contributed by atoms with van der Waals surface area (Å²) in [5.41, 5.74) is -0.460. The molecule has 0 radical (unpaired) electrons. The second kappa shape index (κ2) is 6.97. The van der Waals surface area contributed by atoms with Crippen LogP contribution in [0.3, 0.4) is 0 Å². The van der Waals surface area contributed by atoms with E-state index in [4.69, 9.17) is 9.26 Å². The van der Waals surface area contributed by atoms with Crippen LogP contribution in [0.5, 0.6) is 0 Å². The van der Waals surface area contributed by atoms with Gasteiger partial charge in [0, 0.05) is 25.8 Å². The average Bonchev–Trinajstić information content (AvgIpc) is 3.20. The van der Waals surface area contributed by atoms with Gasteiger partial charge < -0.3 is 14.6 Å². The molecule has 3 heterocycles. The molecule has 1 atom stereocenters. The number of aromatic nitrogens is 1. The molecule has 0 aromatic carbocycles. The highest BCUT2D eigenvalue weighted by atomic mass is 19.1. The van der Waals surface area contributed by atoms with E-state index >= 15 is 0 Å². The number of hydrogen-bond acceptors (Lipinski definition) is 5. The summed E-state index contributed by atoms with van der Waals surface area (Å²) in [6.07, 6.45) is 1.57. The number of piperidine rings is 1. The van der Waals surface area contributed by atoms with E-state index in [1.165, 1.54) is 0 Å². The summed E-state index contributed by atoms with van der Waals surface area (Å²) in [6.45, 7) is 5.01. The van der Waals surface area contributed by atoms with Crippen molar-refractivity contribution in [3.63, 3.8) is 0 Å². The summed E-state index contributed by atoms with van der Waals surface area (Å²) in [6, 6.07) is 1.90. The molecule has 3 rings (SSSR count). The minimum atomic E-state index is -1.32. The fraction of sp³-hybridized carbons (Fsp3) is 0.750. The predicted molar refractivity (Wildman–Crippen MR) is 81.5 cm³/mol. The van der Waals surface area contributed by atoms with Crippen LogP contribution >= 0.6 is 0 Å². The Bertz CT molecular complexity index is 534. The molecule has 2 fully saturated rings. The van der Waals surface area contributed by atoms with Crippen molar-refractivity contribution < 1.29 is 18.4 Å². The van der Waals surface area contributed by atoms with Gasteiger partial charge in [0.05, 0.1) is 31.3 Å². The van der Waals surface area contributed by atoms with Crippen molar-refractivity contribution >= 4 is 5.91 Å². The largest absolute Gasteiger partial charge is 0.381 e. The SMILES string of the molecule is Cc1cc(CN2CCC(F)(CNC(=O)C3CCOC3)CC2)on1. The van der Waals surface area contributed by atoms with Crippen LogP contribution < -0.4 is 5.32 Å². The van der Waals surface area contributed by atoms with Gasteiger partial charge in [-0.25, -0.2) is 4.39 Å². The van der Waals surface area contributed by atoms with Crippen LogP contribution in [-0.4, -0.2) is 54.5 Å². The minimum Gasteiger partial charge on any atom is -0.381 e. The Hall–Kier alpha value is -1.47. The normalized spacial score (nSPS) is 24.7. The van der Waals surface area contributed by atoms with E-state index in [9.17, 15) is 9.18 Å². The second-order valence-electron chi connectivity index (χ2n) is 6.64. The maximum absolute atomic E-state index is 14.8. The number of hydrogen-bond donors (Lipinski definition) is 1. The molecule has 1 N–H and O–H groups in total. The van der Waals surface area contributed by atoms with Gasteiger partial charge in [-0.15, -0.1) is 0 Å². The third-order valence-electron chi connectivity index (χ3n) is 4.69. The Kier molecular flexibility index (Phi) is 4.96. The van der Waals surface area contributed by atoms with E-state index in [-0.39, 0.29) is 18.4 Å². The van der Waals surface area contributed by atoms with Crippen molar-refractivity contribution in [2.75, 3.05) is 32.8 Å². The third kappa shape index (κ3) is 4.29. The first-order valence-corrected chi connectivity index (χ1v) is 8.23. The first-order chi connectivity index (χ1) is 11.0. The zero-order valence-corrected chi connectivity index (χ0v) is 13.5. The van der Waals surface area contributed by atoms with Gasteiger partial charge in [0.2, 0.25) is 5.91 Å². The Morgan fingerprint density at radius 1 is 1.52 bits per heavy atom. The fourth-order valence-corrected chi connectivity index (χ4v) is 3.13. The number of aryl methyl sites for hydroxylation is 1. The van der Waals surface area contributed by atoms with Crippen molar-refractivity contribution in [1.82, 2.24) is 15.4 Å². The zero-order chi connectivity index (χ0) is 16.3. The highest BCUT2D eigenvalue weighted by molar-refractivity contribution is 5.79. The van der Waals surface area contributed by atoms with Crippen LogP contribution in [0.2, 0.25) is 0 Å². The summed E-state index contributed by atoms with van der Waals surface area (Å²) >= 11 is 0. The Balaban J connectivity index is 1.42. The van der Waals surface area contributed by atoms with Gasteiger partial charge in [-0.05, 0) is 26.2 Å². The molecule has 2 saturated heterocycles. The van der Waals surface area contributed by atoms with Crippen molar-refractivity contribution in [1.29, 1.82) is 0 Å². The molecule has 2 aliphatic heterocycles. The number of carbonyl (C=O) groups excluding carboxylic acids is 1. The summed E-state index contributed by atoms with van der Waals surface area (Å²) in [5, 5.41) is 6.63. The van der Waals surface area contributed by atoms with Crippen molar-refractivity contribution in [3.8, 4) is 0 Å². The monoisotopic (exact) mass is 325 g/mol. The van der Waals surface area contributed by atoms with Crippen molar-refractivity contribution in [2.24, 2.45) is 5.92 Å². The molecule has 1 aromatic rings. The number of rotatable bonds is 5. The number of likely N-dealkylation sites (tertiary alicyclic amines) is 1. The van der Waals surface area contributed by atoms with E-state index < -0.39 is 5.67 Å². The molecule has 0 saturated carbocycles. The van der Waals surface area contributed by atoms with E-state index in [0.717, 1.165) is 17.9 Å². The second-order valence-corrected chi connectivity index (χ2v) is 6.64. The fourth-order valence-electron chi connectivity index (χ4n) is 3.13. The summed E-state index contributed by atoms with van der Waals surface area (Å²) in [5.74, 6) is 0.607. The Morgan fingerprint density at radius 2 is 2.30 bits per heavy atom. The molecule has 1 aromatic heterocycles. The Morgan fingerprint density at radius 3 is 2.91 bits per heavy atom. The first-order valence-electron chi connectivity index (χ1n) is 8.23. The minimum absolute atomic E-state index is 0.0842. The zero-order valence-electron chi connectivity index (χ0n) is 13.5. The molecule has 6 nitrogen and oxygen atoms in total. The molecule has 0 aliphatic carbocycles. The van der Waals surface area contributed by atoms with Crippen molar-refractivity contribution in [3.05, 3.63) is 17.5 Å². The van der Waals surface area contributed by atoms with Crippen LogP contribution in [0.1, 0.15) is 30.7 Å². The van der Waals surface area contributed by atoms with Crippen LogP contribution in [0.15, 0.2) is 10.6 Å². The summed E-state index contributed by atoms with van der Waals surface area (Å²) < 4.78 is 25.2. The van der Waals surface area contributed by atoms with Crippen LogP contribution in [0.4, 0.5) is 4.39 Å². The van der Waals surface area contributed by atoms with Crippen LogP contribution in [0.25, 0.3) is 0 Å². The van der Waals surface area contributed by atoms with Crippen LogP contribution in [0, 0.1) is 12.8 Å². The van der Waals surface area contributed by atoms with Gasteiger partial charge in [-0.1, -0.05) is 5.16 Å². The van der Waals surface area contributed by atoms with E-state index in [2.05, 4.69) is 15.4 Å². The molecule has 23 heavy (non-hydrogen) atoms. The molecule has 0 spiro atoms. The standard InChI is InChI=1S/C16H24FN3O3/c1-12-8-14(23-19-12)9-20-5-3-16(17,4-6-20)11-18-15(21)13-2-7-22-10-13/h8,13H,2-7,9-11H2,1H3,(H,18,21). The number of ether oxygens (including phenoxy) is 1.